The van der Waals surface area contributed by atoms with Crippen molar-refractivity contribution in [2.75, 3.05) is 0 Å². The molecule has 0 aliphatic carbocycles. The maximum Gasteiger partial charge on any atom is 0.203 e. The van der Waals surface area contributed by atoms with Gasteiger partial charge in [-0.3, -0.25) is 4.79 Å². The van der Waals surface area contributed by atoms with Crippen LogP contribution in [0.2, 0.25) is 0 Å². The van der Waals surface area contributed by atoms with Crippen LogP contribution >= 0.6 is 0 Å². The van der Waals surface area contributed by atoms with Gasteiger partial charge in [0, 0.05) is 11.6 Å². The van der Waals surface area contributed by atoms with Crippen LogP contribution < -0.4 is 0 Å². The predicted octanol–water partition coefficient (Wildman–Crippen LogP) is 3.07. The lowest BCUT2D eigenvalue weighted by atomic mass is 10.0. The third-order valence-corrected chi connectivity index (χ3v) is 2.23. The lowest BCUT2D eigenvalue weighted by Gasteiger charge is -1.97. The van der Waals surface area contributed by atoms with Crippen molar-refractivity contribution in [3.63, 3.8) is 0 Å². The van der Waals surface area contributed by atoms with E-state index in [0.717, 1.165) is 0 Å². The quantitative estimate of drug-likeness (QED) is 0.456. The molecule has 3 nitrogen and oxygen atoms in total. The van der Waals surface area contributed by atoms with Crippen molar-refractivity contribution in [3.8, 4) is 6.07 Å². The summed E-state index contributed by atoms with van der Waals surface area (Å²) in [5, 5.41) is 8.98. The Hall–Kier alpha value is -2.60. The van der Waals surface area contributed by atoms with Gasteiger partial charge in [-0.05, 0) is 12.1 Å². The van der Waals surface area contributed by atoms with Gasteiger partial charge in [0.15, 0.2) is 0 Å². The summed E-state index contributed by atoms with van der Waals surface area (Å²) in [6.07, 6.45) is 2.93. The Morgan fingerprint density at radius 3 is 2.53 bits per heavy atom. The van der Waals surface area contributed by atoms with E-state index < -0.39 is 0 Å². The second-order valence-corrected chi connectivity index (χ2v) is 3.38. The molecule has 17 heavy (non-hydrogen) atoms. The van der Waals surface area contributed by atoms with E-state index >= 15 is 0 Å². The van der Waals surface area contributed by atoms with Gasteiger partial charge in [-0.2, -0.15) is 5.26 Å². The summed E-state index contributed by atoms with van der Waals surface area (Å²) in [7, 11) is 0. The third-order valence-electron chi connectivity index (χ3n) is 2.23. The second-order valence-electron chi connectivity index (χ2n) is 3.38. The third kappa shape index (κ3) is 2.50. The van der Waals surface area contributed by atoms with Crippen LogP contribution in [0.25, 0.3) is 6.08 Å². The van der Waals surface area contributed by atoms with Crippen LogP contribution in [0.1, 0.15) is 16.1 Å². The number of hydrogen-bond acceptors (Lipinski definition) is 3. The van der Waals surface area contributed by atoms with E-state index in [1.807, 2.05) is 12.1 Å². The van der Waals surface area contributed by atoms with Gasteiger partial charge in [0.25, 0.3) is 0 Å². The van der Waals surface area contributed by atoms with Crippen molar-refractivity contribution in [1.82, 2.24) is 0 Å². The molecule has 0 atom stereocenters. The number of ketones is 1. The van der Waals surface area contributed by atoms with Crippen molar-refractivity contribution in [1.29, 1.82) is 5.26 Å². The molecular weight excluding hydrogens is 214 g/mol. The van der Waals surface area contributed by atoms with Crippen LogP contribution in [0.4, 0.5) is 0 Å². The fraction of sp³-hybridized carbons (Fsp3) is 0. The van der Waals surface area contributed by atoms with Gasteiger partial charge in [0.1, 0.15) is 17.4 Å². The normalized spacial score (nSPS) is 10.9. The van der Waals surface area contributed by atoms with Gasteiger partial charge in [0.05, 0.1) is 6.26 Å². The summed E-state index contributed by atoms with van der Waals surface area (Å²) in [5.74, 6) is 0.190. The highest BCUT2D eigenvalue weighted by atomic mass is 16.3. The predicted molar refractivity (Wildman–Crippen MR) is 63.1 cm³/mol. The second kappa shape index (κ2) is 4.95. The molecule has 82 valence electrons. The summed E-state index contributed by atoms with van der Waals surface area (Å²) >= 11 is 0. The Kier molecular flexibility index (Phi) is 3.18. The van der Waals surface area contributed by atoms with E-state index in [-0.39, 0.29) is 11.4 Å². The number of nitrogens with zero attached hydrogens (tertiary/aromatic N) is 1. The van der Waals surface area contributed by atoms with Crippen LogP contribution in [0, 0.1) is 11.3 Å². The van der Waals surface area contributed by atoms with Gasteiger partial charge >= 0.3 is 0 Å². The van der Waals surface area contributed by atoms with E-state index in [1.54, 1.807) is 36.4 Å². The zero-order chi connectivity index (χ0) is 12.1. The van der Waals surface area contributed by atoms with Crippen molar-refractivity contribution >= 4 is 11.9 Å². The fourth-order valence-corrected chi connectivity index (χ4v) is 1.41. The standard InChI is InChI=1S/C14H9NO2/c15-10-12(9-13-7-4-8-17-13)14(16)11-5-2-1-3-6-11/h1-9H/b12-9-. The van der Waals surface area contributed by atoms with E-state index in [9.17, 15) is 4.79 Å². The largest absolute Gasteiger partial charge is 0.465 e. The number of allylic oxidation sites excluding steroid dienone is 1. The Balaban J connectivity index is 2.33. The summed E-state index contributed by atoms with van der Waals surface area (Å²) in [4.78, 5) is 12.0. The minimum atomic E-state index is -0.301. The summed E-state index contributed by atoms with van der Waals surface area (Å²) in [6.45, 7) is 0. The van der Waals surface area contributed by atoms with Crippen molar-refractivity contribution in [3.05, 3.63) is 65.6 Å². The number of benzene rings is 1. The summed E-state index contributed by atoms with van der Waals surface area (Å²) < 4.78 is 5.07. The molecule has 0 bridgehead atoms. The lowest BCUT2D eigenvalue weighted by molar-refractivity contribution is 0.104. The number of furan rings is 1. The minimum absolute atomic E-state index is 0.0613. The average molecular weight is 223 g/mol. The summed E-state index contributed by atoms with van der Waals surface area (Å²) in [5.41, 5.74) is 0.554. The maximum absolute atomic E-state index is 12.0. The molecule has 1 heterocycles. The van der Waals surface area contributed by atoms with Crippen molar-refractivity contribution < 1.29 is 9.21 Å². The molecule has 0 saturated heterocycles. The molecule has 0 N–H and O–H groups in total. The zero-order valence-corrected chi connectivity index (χ0v) is 8.96. The van der Waals surface area contributed by atoms with Crippen LogP contribution in [0.3, 0.4) is 0 Å². The number of carbonyl (C=O) groups is 1. The first-order valence-electron chi connectivity index (χ1n) is 5.06. The monoisotopic (exact) mass is 223 g/mol. The molecule has 0 saturated carbocycles. The molecule has 1 aromatic carbocycles. The van der Waals surface area contributed by atoms with Crippen LogP contribution in [0.15, 0.2) is 58.7 Å². The number of hydrogen-bond donors (Lipinski definition) is 0. The molecule has 0 amide bonds. The molecule has 0 aliphatic rings. The van der Waals surface area contributed by atoms with Crippen LogP contribution in [-0.4, -0.2) is 5.78 Å². The first-order chi connectivity index (χ1) is 8.31. The molecule has 2 aromatic rings. The molecule has 3 heteroatoms. The van der Waals surface area contributed by atoms with E-state index in [2.05, 4.69) is 0 Å². The van der Waals surface area contributed by atoms with E-state index in [1.165, 1.54) is 12.3 Å². The van der Waals surface area contributed by atoms with Gasteiger partial charge in [0.2, 0.25) is 5.78 Å². The fourth-order valence-electron chi connectivity index (χ4n) is 1.41. The van der Waals surface area contributed by atoms with Crippen LogP contribution in [0.5, 0.6) is 0 Å². The first-order valence-corrected chi connectivity index (χ1v) is 5.06. The van der Waals surface area contributed by atoms with Gasteiger partial charge in [-0.15, -0.1) is 0 Å². The molecule has 0 spiro atoms. The highest BCUT2D eigenvalue weighted by Gasteiger charge is 2.11. The first kappa shape index (κ1) is 10.9. The number of nitriles is 1. The molecule has 0 radical (unpaired) electrons. The molecule has 0 aliphatic heterocycles. The van der Waals surface area contributed by atoms with Gasteiger partial charge < -0.3 is 4.42 Å². The Morgan fingerprint density at radius 2 is 1.94 bits per heavy atom. The maximum atomic E-state index is 12.0. The average Bonchev–Trinajstić information content (AvgIpc) is 2.89. The zero-order valence-electron chi connectivity index (χ0n) is 8.96. The smallest absolute Gasteiger partial charge is 0.203 e. The number of Topliss-reactive ketones (excluding diaryl/α,β-unsaturated/α-hetero) is 1. The molecule has 0 fully saturated rings. The lowest BCUT2D eigenvalue weighted by Crippen LogP contribution is -2.01. The SMILES string of the molecule is N#C/C(=C/c1ccco1)C(=O)c1ccccc1. The van der Waals surface area contributed by atoms with Gasteiger partial charge in [-0.1, -0.05) is 30.3 Å². The topological polar surface area (TPSA) is 54.0 Å². The molecule has 2 rings (SSSR count). The Labute approximate surface area is 98.6 Å². The molecular formula is C14H9NO2. The van der Waals surface area contributed by atoms with Crippen LogP contribution in [-0.2, 0) is 0 Å². The van der Waals surface area contributed by atoms with E-state index in [0.29, 0.717) is 11.3 Å². The minimum Gasteiger partial charge on any atom is -0.465 e. The van der Waals surface area contributed by atoms with E-state index in [4.69, 9.17) is 9.68 Å². The summed E-state index contributed by atoms with van der Waals surface area (Å²) in [6, 6.07) is 14.0. The van der Waals surface area contributed by atoms with Crippen molar-refractivity contribution in [2.24, 2.45) is 0 Å². The Morgan fingerprint density at radius 1 is 1.18 bits per heavy atom. The van der Waals surface area contributed by atoms with Crippen molar-refractivity contribution in [2.45, 2.75) is 0 Å². The number of carbonyl (C=O) groups excluding carboxylic acids is 1. The molecule has 0 unspecified atom stereocenters. The highest BCUT2D eigenvalue weighted by Crippen LogP contribution is 2.12. The highest BCUT2D eigenvalue weighted by molar-refractivity contribution is 6.13. The Bertz CT molecular complexity index is 574. The molecule has 1 aromatic heterocycles. The number of rotatable bonds is 3. The van der Waals surface area contributed by atoms with Gasteiger partial charge in [-0.25, -0.2) is 0 Å².